The topological polar surface area (TPSA) is 40.5 Å². The van der Waals surface area contributed by atoms with Gasteiger partial charge in [-0.15, -0.1) is 0 Å². The van der Waals surface area contributed by atoms with Crippen molar-refractivity contribution in [1.29, 1.82) is 0 Å². The third-order valence-electron chi connectivity index (χ3n) is 2.40. The van der Waals surface area contributed by atoms with Gasteiger partial charge in [-0.05, 0) is 17.7 Å². The Balaban J connectivity index is 2.23. The molecule has 1 saturated heterocycles. The predicted molar refractivity (Wildman–Crippen MR) is 48.5 cm³/mol. The molecule has 1 aliphatic heterocycles. The van der Waals surface area contributed by atoms with Crippen molar-refractivity contribution in [3.63, 3.8) is 0 Å². The molecule has 0 aromatic heterocycles. The van der Waals surface area contributed by atoms with Gasteiger partial charge in [0.2, 0.25) is 5.91 Å². The summed E-state index contributed by atoms with van der Waals surface area (Å²) < 4.78 is 0. The number of likely N-dealkylation sites (tertiary alicyclic amines) is 1. The molecule has 1 amide bonds. The summed E-state index contributed by atoms with van der Waals surface area (Å²) in [5.41, 5.74) is 0.906. The minimum atomic E-state index is -0.0444. The minimum Gasteiger partial charge on any atom is -0.508 e. The van der Waals surface area contributed by atoms with Gasteiger partial charge in [-0.2, -0.15) is 0 Å². The zero-order valence-electron chi connectivity index (χ0n) is 7.40. The highest BCUT2D eigenvalue weighted by atomic mass is 16.3. The Kier molecular flexibility index (Phi) is 1.72. The molecule has 0 aliphatic carbocycles. The van der Waals surface area contributed by atoms with E-state index in [4.69, 9.17) is 0 Å². The van der Waals surface area contributed by atoms with E-state index in [1.807, 2.05) is 6.07 Å². The third kappa shape index (κ3) is 1.26. The highest BCUT2D eigenvalue weighted by Crippen LogP contribution is 2.28. The van der Waals surface area contributed by atoms with E-state index in [2.05, 4.69) is 0 Å². The second-order valence-corrected chi connectivity index (χ2v) is 3.37. The fourth-order valence-electron chi connectivity index (χ4n) is 1.59. The van der Waals surface area contributed by atoms with Crippen LogP contribution < -0.4 is 0 Å². The lowest BCUT2D eigenvalue weighted by molar-refractivity contribution is -0.140. The molecule has 3 heteroatoms. The van der Waals surface area contributed by atoms with Crippen molar-refractivity contribution in [3.05, 3.63) is 29.8 Å². The lowest BCUT2D eigenvalue weighted by Gasteiger charge is -2.35. The average molecular weight is 177 g/mol. The molecule has 0 bridgehead atoms. The summed E-state index contributed by atoms with van der Waals surface area (Å²) in [7, 11) is 1.78. The molecule has 1 aliphatic rings. The second kappa shape index (κ2) is 2.76. The molecular weight excluding hydrogens is 166 g/mol. The standard InChI is InChI=1S/C10H11NO2/c1-11-6-9(10(11)13)7-3-2-4-8(12)5-7/h2-5,9,12H,6H2,1H3. The minimum absolute atomic E-state index is 0.0444. The number of rotatable bonds is 1. The first-order valence-corrected chi connectivity index (χ1v) is 4.22. The van der Waals surface area contributed by atoms with Crippen LogP contribution in [0.2, 0.25) is 0 Å². The van der Waals surface area contributed by atoms with E-state index in [-0.39, 0.29) is 17.6 Å². The number of amides is 1. The van der Waals surface area contributed by atoms with E-state index < -0.39 is 0 Å². The molecule has 3 nitrogen and oxygen atoms in total. The van der Waals surface area contributed by atoms with Crippen LogP contribution in [0.25, 0.3) is 0 Å². The van der Waals surface area contributed by atoms with Crippen LogP contribution in [0.3, 0.4) is 0 Å². The largest absolute Gasteiger partial charge is 0.508 e. The van der Waals surface area contributed by atoms with Crippen molar-refractivity contribution in [2.75, 3.05) is 13.6 Å². The second-order valence-electron chi connectivity index (χ2n) is 3.37. The first-order valence-electron chi connectivity index (χ1n) is 4.22. The van der Waals surface area contributed by atoms with Crippen molar-refractivity contribution in [3.8, 4) is 5.75 Å². The van der Waals surface area contributed by atoms with Gasteiger partial charge in [-0.1, -0.05) is 12.1 Å². The van der Waals surface area contributed by atoms with Gasteiger partial charge < -0.3 is 10.0 Å². The Bertz CT molecular complexity index is 349. The normalized spacial score (nSPS) is 21.5. The SMILES string of the molecule is CN1CC(c2cccc(O)c2)C1=O. The number of β-lactam (4-membered cyclic amide) rings is 1. The maximum Gasteiger partial charge on any atom is 0.231 e. The van der Waals surface area contributed by atoms with Crippen molar-refractivity contribution < 1.29 is 9.90 Å². The molecule has 1 unspecified atom stereocenters. The van der Waals surface area contributed by atoms with E-state index >= 15 is 0 Å². The summed E-state index contributed by atoms with van der Waals surface area (Å²) in [4.78, 5) is 13.0. The summed E-state index contributed by atoms with van der Waals surface area (Å²) in [6, 6.07) is 6.89. The molecule has 1 aromatic carbocycles. The lowest BCUT2D eigenvalue weighted by Crippen LogP contribution is -2.47. The van der Waals surface area contributed by atoms with Crippen LogP contribution in [-0.2, 0) is 4.79 Å². The zero-order chi connectivity index (χ0) is 9.42. The van der Waals surface area contributed by atoms with Gasteiger partial charge in [0, 0.05) is 13.6 Å². The lowest BCUT2D eigenvalue weighted by atomic mass is 9.91. The molecule has 0 spiro atoms. The van der Waals surface area contributed by atoms with Crippen LogP contribution in [0.4, 0.5) is 0 Å². The van der Waals surface area contributed by atoms with Crippen molar-refractivity contribution in [2.45, 2.75) is 5.92 Å². The van der Waals surface area contributed by atoms with Gasteiger partial charge in [0.1, 0.15) is 5.75 Å². The molecular formula is C10H11NO2. The van der Waals surface area contributed by atoms with Gasteiger partial charge >= 0.3 is 0 Å². The number of benzene rings is 1. The van der Waals surface area contributed by atoms with Crippen LogP contribution in [0.1, 0.15) is 11.5 Å². The first kappa shape index (κ1) is 8.10. The van der Waals surface area contributed by atoms with Crippen LogP contribution >= 0.6 is 0 Å². The van der Waals surface area contributed by atoms with Crippen LogP contribution in [0.15, 0.2) is 24.3 Å². The molecule has 1 N–H and O–H groups in total. The van der Waals surface area contributed by atoms with E-state index in [0.717, 1.165) is 12.1 Å². The van der Waals surface area contributed by atoms with Crippen LogP contribution in [0.5, 0.6) is 5.75 Å². The summed E-state index contributed by atoms with van der Waals surface area (Å²) >= 11 is 0. The third-order valence-corrected chi connectivity index (χ3v) is 2.40. The molecule has 1 fully saturated rings. The average Bonchev–Trinajstić information content (AvgIpc) is 2.13. The Hall–Kier alpha value is -1.51. The van der Waals surface area contributed by atoms with Crippen molar-refractivity contribution in [1.82, 2.24) is 4.90 Å². The molecule has 13 heavy (non-hydrogen) atoms. The molecule has 68 valence electrons. The van der Waals surface area contributed by atoms with E-state index in [9.17, 15) is 9.90 Å². The summed E-state index contributed by atoms with van der Waals surface area (Å²) in [5.74, 6) is 0.308. The highest BCUT2D eigenvalue weighted by molar-refractivity contribution is 5.89. The smallest absolute Gasteiger partial charge is 0.231 e. The fourth-order valence-corrected chi connectivity index (χ4v) is 1.59. The number of hydrogen-bond donors (Lipinski definition) is 1. The molecule has 0 radical (unpaired) electrons. The van der Waals surface area contributed by atoms with E-state index in [1.165, 1.54) is 0 Å². The van der Waals surface area contributed by atoms with E-state index in [0.29, 0.717) is 0 Å². The monoisotopic (exact) mass is 177 g/mol. The summed E-state index contributed by atoms with van der Waals surface area (Å²) in [6.07, 6.45) is 0. The van der Waals surface area contributed by atoms with Gasteiger partial charge in [-0.3, -0.25) is 4.79 Å². The first-order chi connectivity index (χ1) is 6.18. The number of nitrogens with zero attached hydrogens (tertiary/aromatic N) is 1. The number of likely N-dealkylation sites (N-methyl/N-ethyl adjacent to an activating group) is 1. The van der Waals surface area contributed by atoms with Crippen molar-refractivity contribution in [2.24, 2.45) is 0 Å². The molecule has 2 rings (SSSR count). The number of phenolic OH excluding ortho intramolecular Hbond substituents is 1. The summed E-state index contributed by atoms with van der Waals surface area (Å²) in [6.45, 7) is 0.752. The van der Waals surface area contributed by atoms with Crippen LogP contribution in [-0.4, -0.2) is 29.5 Å². The summed E-state index contributed by atoms with van der Waals surface area (Å²) in [5, 5.41) is 9.21. The molecule has 1 heterocycles. The maximum atomic E-state index is 11.3. The highest BCUT2D eigenvalue weighted by Gasteiger charge is 2.34. The fraction of sp³-hybridized carbons (Fsp3) is 0.300. The number of carbonyl (C=O) groups excluding carboxylic acids is 1. The molecule has 0 saturated carbocycles. The number of phenols is 1. The number of hydrogen-bond acceptors (Lipinski definition) is 2. The number of aromatic hydroxyl groups is 1. The Morgan fingerprint density at radius 3 is 2.85 bits per heavy atom. The van der Waals surface area contributed by atoms with Gasteiger partial charge in [0.05, 0.1) is 5.92 Å². The Labute approximate surface area is 76.6 Å². The molecule has 1 aromatic rings. The van der Waals surface area contributed by atoms with Gasteiger partial charge in [-0.25, -0.2) is 0 Å². The Morgan fingerprint density at radius 1 is 1.54 bits per heavy atom. The van der Waals surface area contributed by atoms with Crippen LogP contribution in [0, 0.1) is 0 Å². The van der Waals surface area contributed by atoms with E-state index in [1.54, 1.807) is 30.1 Å². The quantitative estimate of drug-likeness (QED) is 0.649. The Morgan fingerprint density at radius 2 is 2.31 bits per heavy atom. The molecule has 1 atom stereocenters. The predicted octanol–water partition coefficient (Wildman–Crippen LogP) is 0.948. The maximum absolute atomic E-state index is 11.3. The zero-order valence-corrected chi connectivity index (χ0v) is 7.40. The number of carbonyl (C=O) groups is 1. The van der Waals surface area contributed by atoms with Gasteiger partial charge in [0.15, 0.2) is 0 Å². The van der Waals surface area contributed by atoms with Gasteiger partial charge in [0.25, 0.3) is 0 Å². The van der Waals surface area contributed by atoms with Crippen molar-refractivity contribution >= 4 is 5.91 Å².